The highest BCUT2D eigenvalue weighted by atomic mass is 35.5. The number of sulfonamides is 1. The van der Waals surface area contributed by atoms with E-state index in [-0.39, 0.29) is 17.8 Å². The minimum absolute atomic E-state index is 0.106. The first-order valence-electron chi connectivity index (χ1n) is 12.5. The number of aromatic nitrogens is 3. The van der Waals surface area contributed by atoms with Gasteiger partial charge < -0.3 is 24.1 Å². The SMILES string of the molecule is CC[C@@]12CCO[C@@H]1C(Oc1nc3nc(-c4ccc(N5CCN(S(C)(=O)=O)CC5)cc4)c(Cl)cc3[nH]1)CO2. The second-order valence-electron chi connectivity index (χ2n) is 9.85. The van der Waals surface area contributed by atoms with E-state index in [4.69, 9.17) is 30.8 Å². The van der Waals surface area contributed by atoms with Crippen molar-refractivity contribution in [3.05, 3.63) is 35.4 Å². The number of piperazine rings is 1. The largest absolute Gasteiger partial charge is 0.456 e. The third kappa shape index (κ3) is 4.57. The summed E-state index contributed by atoms with van der Waals surface area (Å²) >= 11 is 6.61. The number of fused-ring (bicyclic) bond motifs is 2. The fourth-order valence-corrected chi connectivity index (χ4v) is 6.66. The minimum Gasteiger partial charge on any atom is -0.456 e. The zero-order chi connectivity index (χ0) is 25.8. The van der Waals surface area contributed by atoms with Crippen molar-refractivity contribution in [2.24, 2.45) is 0 Å². The number of ether oxygens (including phenoxy) is 3. The van der Waals surface area contributed by atoms with Gasteiger partial charge in [0.25, 0.3) is 6.01 Å². The number of H-pyrrole nitrogens is 1. The van der Waals surface area contributed by atoms with Crippen molar-refractivity contribution in [1.82, 2.24) is 19.3 Å². The van der Waals surface area contributed by atoms with Gasteiger partial charge in [0.05, 0.1) is 35.7 Å². The number of hydrogen-bond acceptors (Lipinski definition) is 8. The van der Waals surface area contributed by atoms with Gasteiger partial charge in [-0.25, -0.2) is 13.4 Å². The molecular weight excluding hydrogens is 518 g/mol. The van der Waals surface area contributed by atoms with E-state index in [0.29, 0.717) is 67.3 Å². The molecule has 3 saturated heterocycles. The maximum atomic E-state index is 11.8. The number of benzene rings is 1. The Morgan fingerprint density at radius 2 is 1.95 bits per heavy atom. The van der Waals surface area contributed by atoms with E-state index in [0.717, 1.165) is 24.1 Å². The molecular formula is C25H30ClN5O5S. The highest BCUT2D eigenvalue weighted by Gasteiger charge is 2.54. The van der Waals surface area contributed by atoms with Crippen LogP contribution in [0, 0.1) is 0 Å². The van der Waals surface area contributed by atoms with Crippen LogP contribution < -0.4 is 9.64 Å². The smallest absolute Gasteiger partial charge is 0.296 e. The Morgan fingerprint density at radius 1 is 1.19 bits per heavy atom. The second-order valence-corrected chi connectivity index (χ2v) is 12.2. The van der Waals surface area contributed by atoms with Gasteiger partial charge >= 0.3 is 0 Å². The summed E-state index contributed by atoms with van der Waals surface area (Å²) in [5.41, 5.74) is 3.47. The fourth-order valence-electron chi connectivity index (χ4n) is 5.57. The predicted molar refractivity (Wildman–Crippen MR) is 141 cm³/mol. The van der Waals surface area contributed by atoms with Crippen LogP contribution in [0.15, 0.2) is 30.3 Å². The maximum Gasteiger partial charge on any atom is 0.296 e. The molecule has 6 rings (SSSR count). The van der Waals surface area contributed by atoms with E-state index in [1.807, 2.05) is 30.3 Å². The molecule has 10 nitrogen and oxygen atoms in total. The van der Waals surface area contributed by atoms with E-state index in [9.17, 15) is 8.42 Å². The summed E-state index contributed by atoms with van der Waals surface area (Å²) in [6.07, 6.45) is 2.68. The molecule has 37 heavy (non-hydrogen) atoms. The van der Waals surface area contributed by atoms with E-state index >= 15 is 0 Å². The van der Waals surface area contributed by atoms with Gasteiger partial charge in [-0.1, -0.05) is 30.7 Å². The van der Waals surface area contributed by atoms with Crippen LogP contribution in [-0.4, -0.2) is 91.1 Å². The van der Waals surface area contributed by atoms with Crippen LogP contribution in [-0.2, 0) is 19.5 Å². The number of aromatic amines is 1. The molecule has 3 aliphatic rings. The predicted octanol–water partition coefficient (Wildman–Crippen LogP) is 3.08. The van der Waals surface area contributed by atoms with Crippen molar-refractivity contribution in [3.8, 4) is 17.3 Å². The third-order valence-corrected chi connectivity index (χ3v) is 9.29. The highest BCUT2D eigenvalue weighted by molar-refractivity contribution is 7.88. The highest BCUT2D eigenvalue weighted by Crippen LogP contribution is 2.41. The van der Waals surface area contributed by atoms with Gasteiger partial charge in [0, 0.05) is 43.9 Å². The summed E-state index contributed by atoms with van der Waals surface area (Å²) in [5.74, 6) is 0. The molecule has 2 aromatic heterocycles. The van der Waals surface area contributed by atoms with Gasteiger partial charge in [-0.15, -0.1) is 0 Å². The van der Waals surface area contributed by atoms with Crippen LogP contribution in [0.4, 0.5) is 5.69 Å². The molecule has 3 aliphatic heterocycles. The Bertz CT molecular complexity index is 1410. The van der Waals surface area contributed by atoms with Crippen molar-refractivity contribution in [3.63, 3.8) is 0 Å². The third-order valence-electron chi connectivity index (χ3n) is 7.69. The molecule has 12 heteroatoms. The summed E-state index contributed by atoms with van der Waals surface area (Å²) in [5, 5.41) is 0.505. The van der Waals surface area contributed by atoms with Crippen LogP contribution in [0.25, 0.3) is 22.4 Å². The lowest BCUT2D eigenvalue weighted by Crippen LogP contribution is -2.48. The fraction of sp³-hybridized carbons (Fsp3) is 0.520. The Balaban J connectivity index is 1.18. The van der Waals surface area contributed by atoms with Crippen molar-refractivity contribution in [2.45, 2.75) is 37.6 Å². The van der Waals surface area contributed by atoms with E-state index in [1.54, 1.807) is 0 Å². The van der Waals surface area contributed by atoms with Gasteiger partial charge in [0.2, 0.25) is 10.0 Å². The first kappa shape index (κ1) is 24.9. The number of nitrogens with zero attached hydrogens (tertiary/aromatic N) is 4. The lowest BCUT2D eigenvalue weighted by molar-refractivity contribution is -0.0280. The molecule has 3 atom stereocenters. The Kier molecular flexibility index (Phi) is 6.31. The van der Waals surface area contributed by atoms with E-state index in [2.05, 4.69) is 21.8 Å². The molecule has 1 unspecified atom stereocenters. The summed E-state index contributed by atoms with van der Waals surface area (Å²) < 4.78 is 43.2. The molecule has 0 aliphatic carbocycles. The minimum atomic E-state index is -3.16. The number of pyridine rings is 1. The summed E-state index contributed by atoms with van der Waals surface area (Å²) in [7, 11) is -3.16. The first-order chi connectivity index (χ1) is 17.8. The van der Waals surface area contributed by atoms with Crippen molar-refractivity contribution >= 4 is 38.5 Å². The lowest BCUT2D eigenvalue weighted by Gasteiger charge is -2.34. The normalized spacial score (nSPS) is 26.6. The topological polar surface area (TPSA) is 110 Å². The molecule has 3 aromatic rings. The first-order valence-corrected chi connectivity index (χ1v) is 14.8. The standard InChI is InChI=1S/C25H30ClN5O5S/c1-3-25-8-13-34-22(25)20(15-35-25)36-24-27-19-14-18(26)21(28-23(19)29-24)16-4-6-17(7-5-16)30-9-11-31(12-10-30)37(2,32)33/h4-7,14,20,22H,3,8-13,15H2,1-2H3,(H,27,28,29)/t20?,22-,25-/m1/s1. The number of halogens is 1. The van der Waals surface area contributed by atoms with Gasteiger partial charge in [-0.2, -0.15) is 9.29 Å². The number of hydrogen-bond donors (Lipinski definition) is 1. The molecule has 198 valence electrons. The number of imidazole rings is 1. The van der Waals surface area contributed by atoms with Crippen molar-refractivity contribution < 1.29 is 22.6 Å². The number of rotatable bonds is 6. The molecule has 1 N–H and O–H groups in total. The molecule has 0 spiro atoms. The van der Waals surface area contributed by atoms with Gasteiger partial charge in [-0.3, -0.25) is 0 Å². The molecule has 0 bridgehead atoms. The molecule has 3 fully saturated rings. The van der Waals surface area contributed by atoms with Crippen LogP contribution in [0.3, 0.4) is 0 Å². The lowest BCUT2D eigenvalue weighted by atomic mass is 9.92. The van der Waals surface area contributed by atoms with Gasteiger partial charge in [0.15, 0.2) is 11.8 Å². The summed E-state index contributed by atoms with van der Waals surface area (Å²) in [6, 6.07) is 10.1. The van der Waals surface area contributed by atoms with Crippen LogP contribution in [0.1, 0.15) is 19.8 Å². The molecule has 0 amide bonds. The Labute approximate surface area is 220 Å². The molecule has 0 saturated carbocycles. The average molecular weight is 548 g/mol. The average Bonchev–Trinajstić information content (AvgIpc) is 3.57. The van der Waals surface area contributed by atoms with E-state index in [1.165, 1.54) is 10.6 Å². The Morgan fingerprint density at radius 3 is 2.65 bits per heavy atom. The monoisotopic (exact) mass is 547 g/mol. The van der Waals surface area contributed by atoms with E-state index < -0.39 is 10.0 Å². The van der Waals surface area contributed by atoms with Crippen LogP contribution >= 0.6 is 11.6 Å². The Hall–Kier alpha value is -2.44. The van der Waals surface area contributed by atoms with Crippen molar-refractivity contribution in [1.29, 1.82) is 0 Å². The van der Waals surface area contributed by atoms with Crippen LogP contribution in [0.5, 0.6) is 6.01 Å². The van der Waals surface area contributed by atoms with Gasteiger partial charge in [-0.05, 0) is 24.6 Å². The molecule has 0 radical (unpaired) electrons. The maximum absolute atomic E-state index is 11.8. The quantitative estimate of drug-likeness (QED) is 0.501. The molecule has 1 aromatic carbocycles. The van der Waals surface area contributed by atoms with Crippen LogP contribution in [0.2, 0.25) is 5.02 Å². The van der Waals surface area contributed by atoms with Gasteiger partial charge in [0.1, 0.15) is 11.7 Å². The zero-order valence-electron chi connectivity index (χ0n) is 20.8. The summed E-state index contributed by atoms with van der Waals surface area (Å²) in [4.78, 5) is 14.6. The second kappa shape index (κ2) is 9.39. The number of anilines is 1. The zero-order valence-corrected chi connectivity index (χ0v) is 22.4. The van der Waals surface area contributed by atoms with Crippen molar-refractivity contribution in [2.75, 3.05) is 50.5 Å². The molecule has 5 heterocycles. The number of nitrogens with one attached hydrogen (secondary N) is 1. The summed E-state index contributed by atoms with van der Waals surface area (Å²) in [6.45, 7) is 5.50.